The van der Waals surface area contributed by atoms with Crippen LogP contribution in [0.15, 0.2) is 48.5 Å². The molecule has 6 heteroatoms. The molecule has 4 rings (SSSR count). The Morgan fingerprint density at radius 1 is 1.11 bits per heavy atom. The number of carbonyl (C=O) groups is 2. The van der Waals surface area contributed by atoms with Crippen LogP contribution in [0, 0.1) is 11.8 Å². The molecular weight excluding hydrogens is 362 g/mol. The van der Waals surface area contributed by atoms with Crippen molar-refractivity contribution in [1.82, 2.24) is 5.32 Å². The first-order valence-electron chi connectivity index (χ1n) is 9.15. The van der Waals surface area contributed by atoms with Gasteiger partial charge in [-0.1, -0.05) is 25.1 Å². The number of carbonyl (C=O) groups excluding carboxylic acids is 2. The van der Waals surface area contributed by atoms with E-state index in [1.54, 1.807) is 24.3 Å². The SMILES string of the molecule is CC(C(=O)Nc1ccc(C(=O)N2CCc3ccccc32)cc1)C1CNC1.Cl. The van der Waals surface area contributed by atoms with Crippen LogP contribution < -0.4 is 15.5 Å². The van der Waals surface area contributed by atoms with E-state index in [0.717, 1.165) is 30.9 Å². The largest absolute Gasteiger partial charge is 0.326 e. The van der Waals surface area contributed by atoms with Crippen LogP contribution in [0.2, 0.25) is 0 Å². The minimum Gasteiger partial charge on any atom is -0.326 e. The van der Waals surface area contributed by atoms with Crippen molar-refractivity contribution < 1.29 is 9.59 Å². The fraction of sp³-hybridized carbons (Fsp3) is 0.333. The Balaban J connectivity index is 0.00000210. The van der Waals surface area contributed by atoms with Gasteiger partial charge in [-0.2, -0.15) is 0 Å². The van der Waals surface area contributed by atoms with Crippen molar-refractivity contribution >= 4 is 35.6 Å². The highest BCUT2D eigenvalue weighted by Gasteiger charge is 2.29. The average molecular weight is 386 g/mol. The van der Waals surface area contributed by atoms with Gasteiger partial charge in [0.1, 0.15) is 0 Å². The lowest BCUT2D eigenvalue weighted by Gasteiger charge is -2.31. The normalized spacial score (nSPS) is 16.7. The molecule has 2 aromatic carbocycles. The Hall–Kier alpha value is -2.37. The highest BCUT2D eigenvalue weighted by molar-refractivity contribution is 6.07. The van der Waals surface area contributed by atoms with Crippen LogP contribution in [0.3, 0.4) is 0 Å². The molecule has 2 aliphatic rings. The van der Waals surface area contributed by atoms with Gasteiger partial charge in [-0.15, -0.1) is 12.4 Å². The molecule has 0 aromatic heterocycles. The number of nitrogens with zero attached hydrogens (tertiary/aromatic N) is 1. The summed E-state index contributed by atoms with van der Waals surface area (Å²) in [5, 5.41) is 6.14. The Labute approximate surface area is 165 Å². The minimum absolute atomic E-state index is 0. The van der Waals surface area contributed by atoms with Gasteiger partial charge in [-0.3, -0.25) is 9.59 Å². The number of amides is 2. The third-order valence-corrected chi connectivity index (χ3v) is 5.47. The first kappa shape index (κ1) is 19.4. The smallest absolute Gasteiger partial charge is 0.258 e. The number of nitrogens with one attached hydrogen (secondary N) is 2. The number of hydrogen-bond acceptors (Lipinski definition) is 3. The summed E-state index contributed by atoms with van der Waals surface area (Å²) in [4.78, 5) is 26.9. The molecule has 5 nitrogen and oxygen atoms in total. The number of hydrogen-bond donors (Lipinski definition) is 2. The van der Waals surface area contributed by atoms with Crippen molar-refractivity contribution in [3.05, 3.63) is 59.7 Å². The summed E-state index contributed by atoms with van der Waals surface area (Å²) in [5.74, 6) is 0.426. The fourth-order valence-electron chi connectivity index (χ4n) is 3.54. The molecule has 0 spiro atoms. The highest BCUT2D eigenvalue weighted by Crippen LogP contribution is 2.29. The number of anilines is 2. The zero-order chi connectivity index (χ0) is 18.1. The highest BCUT2D eigenvalue weighted by atomic mass is 35.5. The van der Waals surface area contributed by atoms with Gasteiger partial charge in [-0.05, 0) is 61.3 Å². The van der Waals surface area contributed by atoms with Crippen LogP contribution in [0.1, 0.15) is 22.8 Å². The van der Waals surface area contributed by atoms with Crippen molar-refractivity contribution in [2.75, 3.05) is 29.9 Å². The van der Waals surface area contributed by atoms with Gasteiger partial charge < -0.3 is 15.5 Å². The predicted molar refractivity (Wildman–Crippen MR) is 110 cm³/mol. The monoisotopic (exact) mass is 385 g/mol. The van der Waals surface area contributed by atoms with E-state index >= 15 is 0 Å². The molecule has 0 aliphatic carbocycles. The van der Waals surface area contributed by atoms with Crippen molar-refractivity contribution in [3.63, 3.8) is 0 Å². The number of benzene rings is 2. The van der Waals surface area contributed by atoms with Crippen molar-refractivity contribution in [1.29, 1.82) is 0 Å². The molecule has 2 N–H and O–H groups in total. The van der Waals surface area contributed by atoms with Gasteiger partial charge in [0.05, 0.1) is 0 Å². The Kier molecular flexibility index (Phi) is 5.82. The lowest BCUT2D eigenvalue weighted by molar-refractivity contribution is -0.121. The van der Waals surface area contributed by atoms with Crippen LogP contribution >= 0.6 is 12.4 Å². The second kappa shape index (κ2) is 8.11. The van der Waals surface area contributed by atoms with Gasteiger partial charge in [0, 0.05) is 29.4 Å². The summed E-state index contributed by atoms with van der Waals surface area (Å²) in [6.07, 6.45) is 0.893. The molecule has 1 fully saturated rings. The van der Waals surface area contributed by atoms with E-state index < -0.39 is 0 Å². The Morgan fingerprint density at radius 3 is 2.48 bits per heavy atom. The molecule has 2 aliphatic heterocycles. The molecular formula is C21H24ClN3O2. The summed E-state index contributed by atoms with van der Waals surface area (Å²) in [7, 11) is 0. The van der Waals surface area contributed by atoms with Crippen molar-refractivity contribution in [2.24, 2.45) is 11.8 Å². The summed E-state index contributed by atoms with van der Waals surface area (Å²) in [6, 6.07) is 15.2. The van der Waals surface area contributed by atoms with E-state index in [-0.39, 0.29) is 30.1 Å². The molecule has 142 valence electrons. The van der Waals surface area contributed by atoms with Gasteiger partial charge in [0.15, 0.2) is 0 Å². The fourth-order valence-corrected chi connectivity index (χ4v) is 3.54. The van der Waals surface area contributed by atoms with Gasteiger partial charge in [0.25, 0.3) is 5.91 Å². The van der Waals surface area contributed by atoms with Crippen LogP contribution in [0.5, 0.6) is 0 Å². The number of para-hydroxylation sites is 1. The summed E-state index contributed by atoms with van der Waals surface area (Å²) < 4.78 is 0. The maximum absolute atomic E-state index is 12.8. The molecule has 1 atom stereocenters. The van der Waals surface area contributed by atoms with E-state index in [2.05, 4.69) is 16.7 Å². The van der Waals surface area contributed by atoms with Crippen LogP contribution in [-0.2, 0) is 11.2 Å². The zero-order valence-electron chi connectivity index (χ0n) is 15.3. The predicted octanol–water partition coefficient (Wildman–Crippen LogP) is 3.11. The third-order valence-electron chi connectivity index (χ3n) is 5.47. The molecule has 27 heavy (non-hydrogen) atoms. The quantitative estimate of drug-likeness (QED) is 0.850. The Bertz CT molecular complexity index is 834. The maximum Gasteiger partial charge on any atom is 0.258 e. The Morgan fingerprint density at radius 2 is 1.81 bits per heavy atom. The topological polar surface area (TPSA) is 61.4 Å². The first-order chi connectivity index (χ1) is 12.6. The third kappa shape index (κ3) is 3.84. The average Bonchev–Trinajstić information content (AvgIpc) is 3.04. The molecule has 2 aromatic rings. The molecule has 0 saturated carbocycles. The van der Waals surface area contributed by atoms with Crippen LogP contribution in [0.4, 0.5) is 11.4 Å². The van der Waals surface area contributed by atoms with Gasteiger partial charge >= 0.3 is 0 Å². The first-order valence-corrected chi connectivity index (χ1v) is 9.15. The van der Waals surface area contributed by atoms with E-state index in [1.807, 2.05) is 30.0 Å². The molecule has 0 bridgehead atoms. The second-order valence-corrected chi connectivity index (χ2v) is 7.11. The lowest BCUT2D eigenvalue weighted by atomic mass is 9.88. The summed E-state index contributed by atoms with van der Waals surface area (Å²) in [5.41, 5.74) is 3.57. The minimum atomic E-state index is -0.0151. The summed E-state index contributed by atoms with van der Waals surface area (Å²) in [6.45, 7) is 4.48. The van der Waals surface area contributed by atoms with E-state index in [1.165, 1.54) is 5.56 Å². The van der Waals surface area contributed by atoms with Gasteiger partial charge in [0.2, 0.25) is 5.91 Å². The zero-order valence-corrected chi connectivity index (χ0v) is 16.1. The standard InChI is InChI=1S/C21H23N3O2.ClH/c1-14(17-12-22-13-17)20(25)23-18-8-6-16(7-9-18)21(26)24-11-10-15-4-2-3-5-19(15)24;/h2-9,14,17,22H,10-13H2,1H3,(H,23,25);1H. The number of fused-ring (bicyclic) bond motifs is 1. The number of halogens is 1. The maximum atomic E-state index is 12.8. The molecule has 2 heterocycles. The molecule has 2 amide bonds. The molecule has 0 radical (unpaired) electrons. The van der Waals surface area contributed by atoms with E-state index in [9.17, 15) is 9.59 Å². The van der Waals surface area contributed by atoms with E-state index in [0.29, 0.717) is 18.0 Å². The molecule has 1 saturated heterocycles. The van der Waals surface area contributed by atoms with E-state index in [4.69, 9.17) is 0 Å². The van der Waals surface area contributed by atoms with Crippen molar-refractivity contribution in [3.8, 4) is 0 Å². The molecule has 1 unspecified atom stereocenters. The van der Waals surface area contributed by atoms with Crippen molar-refractivity contribution in [2.45, 2.75) is 13.3 Å². The number of rotatable bonds is 4. The second-order valence-electron chi connectivity index (χ2n) is 7.11. The lowest BCUT2D eigenvalue weighted by Crippen LogP contribution is -2.48. The van der Waals surface area contributed by atoms with Gasteiger partial charge in [-0.25, -0.2) is 0 Å². The van der Waals surface area contributed by atoms with Crippen LogP contribution in [-0.4, -0.2) is 31.4 Å². The van der Waals surface area contributed by atoms with Crippen LogP contribution in [0.25, 0.3) is 0 Å². The summed E-state index contributed by atoms with van der Waals surface area (Å²) >= 11 is 0.